The number of benzene rings is 3. The van der Waals surface area contributed by atoms with Gasteiger partial charge in [0.05, 0.1) is 4.90 Å². The zero-order chi connectivity index (χ0) is 18.1. The van der Waals surface area contributed by atoms with Crippen LogP contribution in [0.4, 0.5) is 5.69 Å². The molecular formula is C21H18N2O2S. The molecule has 4 nitrogen and oxygen atoms in total. The summed E-state index contributed by atoms with van der Waals surface area (Å²) in [5.41, 5.74) is 4.47. The Labute approximate surface area is 152 Å². The molecule has 0 spiro atoms. The SMILES string of the molecule is Cc1ccc(S(=O)(=O)Nc2cccc(-c3cc4ccccc4[nH]3)c2)cc1. The minimum atomic E-state index is -3.61. The van der Waals surface area contributed by atoms with Crippen molar-refractivity contribution in [1.29, 1.82) is 0 Å². The van der Waals surface area contributed by atoms with Gasteiger partial charge in [0.2, 0.25) is 0 Å². The number of fused-ring (bicyclic) bond motifs is 1. The van der Waals surface area contributed by atoms with Crippen molar-refractivity contribution in [1.82, 2.24) is 4.98 Å². The maximum atomic E-state index is 12.6. The molecule has 4 aromatic rings. The molecule has 0 amide bonds. The number of rotatable bonds is 4. The third-order valence-electron chi connectivity index (χ3n) is 4.29. The lowest BCUT2D eigenvalue weighted by Gasteiger charge is -2.09. The number of anilines is 1. The van der Waals surface area contributed by atoms with Gasteiger partial charge < -0.3 is 4.98 Å². The van der Waals surface area contributed by atoms with Gasteiger partial charge in [0.15, 0.2) is 0 Å². The van der Waals surface area contributed by atoms with Crippen molar-refractivity contribution in [3.63, 3.8) is 0 Å². The zero-order valence-electron chi connectivity index (χ0n) is 14.2. The summed E-state index contributed by atoms with van der Waals surface area (Å²) in [6.07, 6.45) is 0. The summed E-state index contributed by atoms with van der Waals surface area (Å²) in [5, 5.41) is 1.12. The van der Waals surface area contributed by atoms with E-state index < -0.39 is 10.0 Å². The summed E-state index contributed by atoms with van der Waals surface area (Å²) >= 11 is 0. The third-order valence-corrected chi connectivity index (χ3v) is 5.68. The zero-order valence-corrected chi connectivity index (χ0v) is 15.0. The Morgan fingerprint density at radius 1 is 0.846 bits per heavy atom. The molecule has 0 aliphatic carbocycles. The average Bonchev–Trinajstić information content (AvgIpc) is 3.06. The number of hydrogen-bond donors (Lipinski definition) is 2. The van der Waals surface area contributed by atoms with E-state index in [1.165, 1.54) is 0 Å². The molecule has 3 aromatic carbocycles. The van der Waals surface area contributed by atoms with Crippen molar-refractivity contribution in [2.75, 3.05) is 4.72 Å². The van der Waals surface area contributed by atoms with E-state index in [1.807, 2.05) is 49.4 Å². The smallest absolute Gasteiger partial charge is 0.261 e. The van der Waals surface area contributed by atoms with Crippen LogP contribution >= 0.6 is 0 Å². The Hall–Kier alpha value is -3.05. The van der Waals surface area contributed by atoms with E-state index in [0.29, 0.717) is 5.69 Å². The largest absolute Gasteiger partial charge is 0.355 e. The van der Waals surface area contributed by atoms with Gasteiger partial charge in [-0.3, -0.25) is 4.72 Å². The summed E-state index contributed by atoms with van der Waals surface area (Å²) in [4.78, 5) is 3.61. The second-order valence-corrected chi connectivity index (χ2v) is 7.95. The number of H-pyrrole nitrogens is 1. The highest BCUT2D eigenvalue weighted by atomic mass is 32.2. The fourth-order valence-electron chi connectivity index (χ4n) is 2.91. The molecule has 0 aliphatic heterocycles. The lowest BCUT2D eigenvalue weighted by atomic mass is 10.1. The van der Waals surface area contributed by atoms with Crippen LogP contribution in [-0.2, 0) is 10.0 Å². The van der Waals surface area contributed by atoms with Crippen molar-refractivity contribution in [3.8, 4) is 11.3 Å². The molecule has 130 valence electrons. The maximum Gasteiger partial charge on any atom is 0.261 e. The van der Waals surface area contributed by atoms with Gasteiger partial charge in [0, 0.05) is 27.8 Å². The van der Waals surface area contributed by atoms with Gasteiger partial charge in [-0.2, -0.15) is 0 Å². The monoisotopic (exact) mass is 362 g/mol. The van der Waals surface area contributed by atoms with Gasteiger partial charge in [0.1, 0.15) is 0 Å². The van der Waals surface area contributed by atoms with Gasteiger partial charge in [-0.05, 0) is 43.3 Å². The normalized spacial score (nSPS) is 11.6. The van der Waals surface area contributed by atoms with E-state index in [0.717, 1.165) is 27.7 Å². The predicted octanol–water partition coefficient (Wildman–Crippen LogP) is 4.94. The summed E-state index contributed by atoms with van der Waals surface area (Å²) in [6.45, 7) is 1.92. The van der Waals surface area contributed by atoms with E-state index in [-0.39, 0.29) is 4.90 Å². The molecule has 2 N–H and O–H groups in total. The van der Waals surface area contributed by atoms with Crippen LogP contribution in [0, 0.1) is 6.92 Å². The molecule has 0 fully saturated rings. The first-order valence-electron chi connectivity index (χ1n) is 8.29. The summed E-state index contributed by atoms with van der Waals surface area (Å²) < 4.78 is 27.8. The molecule has 0 radical (unpaired) electrons. The van der Waals surface area contributed by atoms with E-state index in [1.54, 1.807) is 30.3 Å². The van der Waals surface area contributed by atoms with Crippen molar-refractivity contribution < 1.29 is 8.42 Å². The van der Waals surface area contributed by atoms with Crippen LogP contribution in [0.3, 0.4) is 0 Å². The van der Waals surface area contributed by atoms with Crippen LogP contribution in [-0.4, -0.2) is 13.4 Å². The molecular weight excluding hydrogens is 344 g/mol. The second-order valence-electron chi connectivity index (χ2n) is 6.27. The third kappa shape index (κ3) is 3.21. The molecule has 26 heavy (non-hydrogen) atoms. The Balaban J connectivity index is 1.66. The van der Waals surface area contributed by atoms with E-state index >= 15 is 0 Å². The number of hydrogen-bond acceptors (Lipinski definition) is 2. The Morgan fingerprint density at radius 2 is 1.62 bits per heavy atom. The van der Waals surface area contributed by atoms with Crippen LogP contribution in [0.2, 0.25) is 0 Å². The van der Waals surface area contributed by atoms with Crippen LogP contribution in [0.25, 0.3) is 22.2 Å². The second kappa shape index (κ2) is 6.35. The van der Waals surface area contributed by atoms with E-state index in [2.05, 4.69) is 15.8 Å². The molecule has 0 unspecified atom stereocenters. The average molecular weight is 362 g/mol. The summed E-state index contributed by atoms with van der Waals surface area (Å²) in [6, 6.07) is 24.3. The maximum absolute atomic E-state index is 12.6. The van der Waals surface area contributed by atoms with Crippen molar-refractivity contribution in [2.45, 2.75) is 11.8 Å². The molecule has 0 atom stereocenters. The number of aryl methyl sites for hydroxylation is 1. The van der Waals surface area contributed by atoms with Crippen molar-refractivity contribution in [3.05, 3.63) is 84.4 Å². The van der Waals surface area contributed by atoms with E-state index in [9.17, 15) is 8.42 Å². The molecule has 1 aromatic heterocycles. The van der Waals surface area contributed by atoms with Gasteiger partial charge in [-0.25, -0.2) is 8.42 Å². The highest BCUT2D eigenvalue weighted by Crippen LogP contribution is 2.27. The molecule has 0 saturated heterocycles. The lowest BCUT2D eigenvalue weighted by molar-refractivity contribution is 0.601. The summed E-state index contributed by atoms with van der Waals surface area (Å²) in [7, 11) is -3.61. The minimum absolute atomic E-state index is 0.249. The topological polar surface area (TPSA) is 62.0 Å². The van der Waals surface area contributed by atoms with Crippen LogP contribution in [0.1, 0.15) is 5.56 Å². The fraction of sp³-hybridized carbons (Fsp3) is 0.0476. The summed E-state index contributed by atoms with van der Waals surface area (Å²) in [5.74, 6) is 0. The first kappa shape index (κ1) is 16.4. The van der Waals surface area contributed by atoms with Crippen molar-refractivity contribution >= 4 is 26.6 Å². The molecule has 0 aliphatic rings. The predicted molar refractivity (Wildman–Crippen MR) is 106 cm³/mol. The first-order valence-corrected chi connectivity index (χ1v) is 9.77. The molecule has 0 saturated carbocycles. The number of sulfonamides is 1. The number of nitrogens with one attached hydrogen (secondary N) is 2. The molecule has 0 bridgehead atoms. The van der Waals surface area contributed by atoms with E-state index in [4.69, 9.17) is 0 Å². The molecule has 4 rings (SSSR count). The van der Waals surface area contributed by atoms with Gasteiger partial charge in [0.25, 0.3) is 10.0 Å². The Morgan fingerprint density at radius 3 is 2.38 bits per heavy atom. The minimum Gasteiger partial charge on any atom is -0.355 e. The molecule has 1 heterocycles. The van der Waals surface area contributed by atoms with Crippen LogP contribution in [0.5, 0.6) is 0 Å². The van der Waals surface area contributed by atoms with Crippen LogP contribution < -0.4 is 4.72 Å². The van der Waals surface area contributed by atoms with Crippen LogP contribution in [0.15, 0.2) is 83.8 Å². The number of aromatic nitrogens is 1. The van der Waals surface area contributed by atoms with Gasteiger partial charge in [-0.1, -0.05) is 48.0 Å². The highest BCUT2D eigenvalue weighted by Gasteiger charge is 2.14. The first-order chi connectivity index (χ1) is 12.5. The molecule has 5 heteroatoms. The van der Waals surface area contributed by atoms with Gasteiger partial charge >= 0.3 is 0 Å². The highest BCUT2D eigenvalue weighted by molar-refractivity contribution is 7.92. The fourth-order valence-corrected chi connectivity index (χ4v) is 3.96. The Kier molecular flexibility index (Phi) is 4.01. The standard InChI is InChI=1S/C21H18N2O2S/c1-15-9-11-19(12-10-15)26(24,25)23-18-7-4-6-16(13-18)21-14-17-5-2-3-8-20(17)22-21/h2-14,22-23H,1H3. The number of aromatic amines is 1. The lowest BCUT2D eigenvalue weighted by Crippen LogP contribution is -2.12. The number of para-hydroxylation sites is 1. The van der Waals surface area contributed by atoms with Crippen molar-refractivity contribution in [2.24, 2.45) is 0 Å². The Bertz CT molecular complexity index is 1140. The van der Waals surface area contributed by atoms with Gasteiger partial charge in [-0.15, -0.1) is 0 Å². The quantitative estimate of drug-likeness (QED) is 0.540.